The van der Waals surface area contributed by atoms with Gasteiger partial charge in [-0.2, -0.15) is 0 Å². The Morgan fingerprint density at radius 1 is 1.21 bits per heavy atom. The van der Waals surface area contributed by atoms with Crippen LogP contribution in [0.15, 0.2) is 30.3 Å². The van der Waals surface area contributed by atoms with Gasteiger partial charge in [0.2, 0.25) is 0 Å². The first kappa shape index (κ1) is 16.2. The van der Waals surface area contributed by atoms with Crippen LogP contribution in [0, 0.1) is 5.92 Å². The maximum atomic E-state index is 10.4. The Bertz CT molecular complexity index is 346. The van der Waals surface area contributed by atoms with Crippen LogP contribution < -0.4 is 5.32 Å². The maximum Gasteiger partial charge on any atom is 0.0746 e. The molecule has 19 heavy (non-hydrogen) atoms. The fraction of sp³-hybridized carbons (Fsp3) is 0.647. The summed E-state index contributed by atoms with van der Waals surface area (Å²) in [5.41, 5.74) is 0.680. The van der Waals surface area contributed by atoms with Crippen LogP contribution in [0.25, 0.3) is 0 Å². The SMILES string of the molecule is CCCC(NCC(C)(O)CC(C)C)c1ccccc1. The van der Waals surface area contributed by atoms with Gasteiger partial charge in [0.15, 0.2) is 0 Å². The van der Waals surface area contributed by atoms with Crippen molar-refractivity contribution in [2.24, 2.45) is 5.92 Å². The summed E-state index contributed by atoms with van der Waals surface area (Å²) >= 11 is 0. The molecule has 0 saturated carbocycles. The molecule has 2 atom stereocenters. The second-order valence-corrected chi connectivity index (χ2v) is 6.23. The highest BCUT2D eigenvalue weighted by atomic mass is 16.3. The van der Waals surface area contributed by atoms with Crippen LogP contribution in [-0.2, 0) is 0 Å². The molecule has 0 spiro atoms. The van der Waals surface area contributed by atoms with E-state index in [9.17, 15) is 5.11 Å². The molecule has 1 aromatic carbocycles. The van der Waals surface area contributed by atoms with Gasteiger partial charge in [0.25, 0.3) is 0 Å². The predicted octanol–water partition coefficient (Wildman–Crippen LogP) is 3.91. The molecule has 0 aliphatic carbocycles. The van der Waals surface area contributed by atoms with Gasteiger partial charge in [-0.1, -0.05) is 57.5 Å². The second-order valence-electron chi connectivity index (χ2n) is 6.23. The van der Waals surface area contributed by atoms with E-state index in [1.807, 2.05) is 13.0 Å². The molecule has 0 aliphatic heterocycles. The zero-order valence-electron chi connectivity index (χ0n) is 12.8. The van der Waals surface area contributed by atoms with Crippen molar-refractivity contribution >= 4 is 0 Å². The predicted molar refractivity (Wildman–Crippen MR) is 82.2 cm³/mol. The Morgan fingerprint density at radius 2 is 1.84 bits per heavy atom. The third kappa shape index (κ3) is 6.22. The summed E-state index contributed by atoms with van der Waals surface area (Å²) in [5.74, 6) is 0.512. The number of benzene rings is 1. The van der Waals surface area contributed by atoms with Crippen molar-refractivity contribution in [2.45, 2.75) is 58.6 Å². The van der Waals surface area contributed by atoms with E-state index in [-0.39, 0.29) is 0 Å². The van der Waals surface area contributed by atoms with Gasteiger partial charge >= 0.3 is 0 Å². The van der Waals surface area contributed by atoms with Crippen LogP contribution in [0.3, 0.4) is 0 Å². The van der Waals surface area contributed by atoms with E-state index in [2.05, 4.69) is 50.4 Å². The first-order valence-electron chi connectivity index (χ1n) is 7.45. The van der Waals surface area contributed by atoms with Gasteiger partial charge in [0, 0.05) is 12.6 Å². The summed E-state index contributed by atoms with van der Waals surface area (Å²) in [5, 5.41) is 13.9. The molecule has 1 aromatic rings. The average Bonchev–Trinajstić information content (AvgIpc) is 2.34. The normalized spacial score (nSPS) is 16.3. The Kier molecular flexibility index (Phi) is 6.53. The number of hydrogen-bond donors (Lipinski definition) is 2. The number of rotatable bonds is 8. The van der Waals surface area contributed by atoms with Gasteiger partial charge < -0.3 is 10.4 Å². The van der Waals surface area contributed by atoms with Crippen LogP contribution in [0.4, 0.5) is 0 Å². The summed E-state index contributed by atoms with van der Waals surface area (Å²) in [6.45, 7) is 9.06. The van der Waals surface area contributed by atoms with E-state index >= 15 is 0 Å². The molecule has 0 heterocycles. The van der Waals surface area contributed by atoms with Gasteiger partial charge in [-0.25, -0.2) is 0 Å². The molecule has 0 amide bonds. The molecule has 0 aliphatic rings. The highest BCUT2D eigenvalue weighted by molar-refractivity contribution is 5.18. The molecular weight excluding hydrogens is 234 g/mol. The van der Waals surface area contributed by atoms with Crippen LogP contribution in [-0.4, -0.2) is 17.3 Å². The van der Waals surface area contributed by atoms with E-state index in [4.69, 9.17) is 0 Å². The van der Waals surface area contributed by atoms with Gasteiger partial charge in [0.05, 0.1) is 5.60 Å². The highest BCUT2D eigenvalue weighted by Crippen LogP contribution is 2.21. The van der Waals surface area contributed by atoms with E-state index in [1.54, 1.807) is 0 Å². The van der Waals surface area contributed by atoms with Crippen molar-refractivity contribution in [1.82, 2.24) is 5.32 Å². The molecule has 108 valence electrons. The zero-order chi connectivity index (χ0) is 14.3. The molecular formula is C17H29NO. The average molecular weight is 263 g/mol. The Hall–Kier alpha value is -0.860. The minimum atomic E-state index is -0.630. The summed E-state index contributed by atoms with van der Waals surface area (Å²) in [6.07, 6.45) is 3.06. The fourth-order valence-electron chi connectivity index (χ4n) is 2.66. The summed E-state index contributed by atoms with van der Waals surface area (Å²) in [6, 6.07) is 10.8. The topological polar surface area (TPSA) is 32.3 Å². The third-order valence-electron chi connectivity index (χ3n) is 3.36. The molecule has 2 heteroatoms. The fourth-order valence-corrected chi connectivity index (χ4v) is 2.66. The first-order chi connectivity index (χ1) is 8.94. The van der Waals surface area contributed by atoms with Crippen LogP contribution in [0.5, 0.6) is 0 Å². The number of nitrogens with one attached hydrogen (secondary N) is 1. The third-order valence-corrected chi connectivity index (χ3v) is 3.36. The van der Waals surface area contributed by atoms with E-state index in [0.29, 0.717) is 18.5 Å². The van der Waals surface area contributed by atoms with E-state index < -0.39 is 5.60 Å². The monoisotopic (exact) mass is 263 g/mol. The van der Waals surface area contributed by atoms with Crippen molar-refractivity contribution in [1.29, 1.82) is 0 Å². The lowest BCUT2D eigenvalue weighted by Gasteiger charge is -2.29. The van der Waals surface area contributed by atoms with Crippen molar-refractivity contribution in [3.05, 3.63) is 35.9 Å². The number of aliphatic hydroxyl groups is 1. The number of hydrogen-bond acceptors (Lipinski definition) is 2. The quantitative estimate of drug-likeness (QED) is 0.745. The Labute approximate surface area is 118 Å². The first-order valence-corrected chi connectivity index (χ1v) is 7.45. The van der Waals surface area contributed by atoms with Crippen molar-refractivity contribution in [3.8, 4) is 0 Å². The zero-order valence-corrected chi connectivity index (χ0v) is 12.8. The van der Waals surface area contributed by atoms with Crippen molar-refractivity contribution < 1.29 is 5.11 Å². The highest BCUT2D eigenvalue weighted by Gasteiger charge is 2.23. The molecule has 2 N–H and O–H groups in total. The Morgan fingerprint density at radius 3 is 2.37 bits per heavy atom. The molecule has 2 nitrogen and oxygen atoms in total. The molecule has 2 unspecified atom stereocenters. The van der Waals surface area contributed by atoms with Crippen molar-refractivity contribution in [3.63, 3.8) is 0 Å². The minimum Gasteiger partial charge on any atom is -0.389 e. The van der Waals surface area contributed by atoms with Crippen LogP contribution >= 0.6 is 0 Å². The van der Waals surface area contributed by atoms with Gasteiger partial charge in [-0.05, 0) is 31.2 Å². The van der Waals surface area contributed by atoms with Crippen molar-refractivity contribution in [2.75, 3.05) is 6.54 Å². The summed E-state index contributed by atoms with van der Waals surface area (Å²) < 4.78 is 0. The summed E-state index contributed by atoms with van der Waals surface area (Å²) in [7, 11) is 0. The maximum absolute atomic E-state index is 10.4. The van der Waals surface area contributed by atoms with Gasteiger partial charge in [0.1, 0.15) is 0 Å². The molecule has 0 aromatic heterocycles. The molecule has 0 saturated heterocycles. The Balaban J connectivity index is 2.60. The standard InChI is InChI=1S/C17H29NO/c1-5-9-16(15-10-7-6-8-11-15)18-13-17(4,19)12-14(2)3/h6-8,10-11,14,16,18-19H,5,9,12-13H2,1-4H3. The lowest BCUT2D eigenvalue weighted by molar-refractivity contribution is 0.0355. The van der Waals surface area contributed by atoms with E-state index in [0.717, 1.165) is 19.3 Å². The lowest BCUT2D eigenvalue weighted by Crippen LogP contribution is -2.40. The molecule has 0 bridgehead atoms. The van der Waals surface area contributed by atoms with Crippen LogP contribution in [0.1, 0.15) is 58.6 Å². The van der Waals surface area contributed by atoms with Gasteiger partial charge in [-0.15, -0.1) is 0 Å². The van der Waals surface area contributed by atoms with Crippen LogP contribution in [0.2, 0.25) is 0 Å². The molecule has 1 rings (SSSR count). The minimum absolute atomic E-state index is 0.338. The van der Waals surface area contributed by atoms with Gasteiger partial charge in [-0.3, -0.25) is 0 Å². The smallest absolute Gasteiger partial charge is 0.0746 e. The lowest BCUT2D eigenvalue weighted by atomic mass is 9.93. The summed E-state index contributed by atoms with van der Waals surface area (Å²) in [4.78, 5) is 0. The largest absolute Gasteiger partial charge is 0.389 e. The molecule has 0 radical (unpaired) electrons. The molecule has 0 fully saturated rings. The second kappa shape index (κ2) is 7.66. The van der Waals surface area contributed by atoms with E-state index in [1.165, 1.54) is 5.56 Å².